The molecule has 3 aromatic rings. The summed E-state index contributed by atoms with van der Waals surface area (Å²) in [5.41, 5.74) is 2.66. The lowest BCUT2D eigenvalue weighted by atomic mass is 10.1. The first kappa shape index (κ1) is 15.8. The summed E-state index contributed by atoms with van der Waals surface area (Å²) < 4.78 is 22.3. The number of morpholine rings is 1. The fourth-order valence-corrected chi connectivity index (χ4v) is 3.00. The second-order valence-corrected chi connectivity index (χ2v) is 5.91. The van der Waals surface area contributed by atoms with E-state index in [1.165, 1.54) is 0 Å². The number of ether oxygens (including phenoxy) is 3. The number of oxazole rings is 1. The summed E-state index contributed by atoms with van der Waals surface area (Å²) >= 11 is 0. The predicted molar refractivity (Wildman–Crippen MR) is 94.5 cm³/mol. The first-order valence-corrected chi connectivity index (χ1v) is 8.22. The van der Waals surface area contributed by atoms with E-state index in [1.807, 2.05) is 42.5 Å². The number of aromatic nitrogens is 1. The average Bonchev–Trinajstić information content (AvgIpc) is 3.11. The number of hydrogen-bond donors (Lipinski definition) is 0. The highest BCUT2D eigenvalue weighted by molar-refractivity contribution is 5.76. The first-order chi connectivity index (χ1) is 12.3. The topological polar surface area (TPSA) is 57.0 Å². The molecule has 2 aromatic carbocycles. The third-order valence-corrected chi connectivity index (χ3v) is 4.41. The van der Waals surface area contributed by atoms with Crippen LogP contribution in [0, 0.1) is 0 Å². The highest BCUT2D eigenvalue weighted by atomic mass is 16.5. The minimum Gasteiger partial charge on any atom is -0.497 e. The van der Waals surface area contributed by atoms with Gasteiger partial charge in [-0.2, -0.15) is 4.98 Å². The van der Waals surface area contributed by atoms with Crippen LogP contribution >= 0.6 is 0 Å². The molecule has 0 radical (unpaired) electrons. The number of rotatable bonds is 4. The van der Waals surface area contributed by atoms with Crippen molar-refractivity contribution >= 4 is 17.1 Å². The maximum atomic E-state index is 5.93. The van der Waals surface area contributed by atoms with Crippen molar-refractivity contribution in [2.24, 2.45) is 0 Å². The lowest BCUT2D eigenvalue weighted by Crippen LogP contribution is -2.38. The Morgan fingerprint density at radius 3 is 2.56 bits per heavy atom. The molecule has 6 nitrogen and oxygen atoms in total. The molecule has 130 valence electrons. The van der Waals surface area contributed by atoms with Gasteiger partial charge in [0, 0.05) is 12.6 Å². The Morgan fingerprint density at radius 2 is 1.80 bits per heavy atom. The number of benzene rings is 2. The molecular weight excluding hydrogens is 320 g/mol. The first-order valence-electron chi connectivity index (χ1n) is 8.22. The highest BCUT2D eigenvalue weighted by Crippen LogP contribution is 2.30. The molecule has 1 fully saturated rings. The van der Waals surface area contributed by atoms with Crippen molar-refractivity contribution in [1.82, 2.24) is 4.98 Å². The molecule has 1 saturated heterocycles. The monoisotopic (exact) mass is 340 g/mol. The zero-order valence-corrected chi connectivity index (χ0v) is 14.3. The Labute approximate surface area is 145 Å². The van der Waals surface area contributed by atoms with E-state index in [0.717, 1.165) is 34.7 Å². The number of fused-ring (bicyclic) bond motifs is 1. The van der Waals surface area contributed by atoms with Crippen LogP contribution in [0.4, 0.5) is 6.01 Å². The zero-order chi connectivity index (χ0) is 17.2. The molecule has 0 saturated carbocycles. The van der Waals surface area contributed by atoms with Crippen LogP contribution in [-0.4, -0.2) is 38.9 Å². The predicted octanol–water partition coefficient (Wildman–Crippen LogP) is 3.42. The quantitative estimate of drug-likeness (QED) is 0.725. The second kappa shape index (κ2) is 6.64. The van der Waals surface area contributed by atoms with Crippen molar-refractivity contribution in [3.63, 3.8) is 0 Å². The van der Waals surface area contributed by atoms with Crippen molar-refractivity contribution in [2.75, 3.05) is 38.8 Å². The van der Waals surface area contributed by atoms with Crippen LogP contribution in [0.25, 0.3) is 11.1 Å². The Morgan fingerprint density at radius 1 is 1.04 bits per heavy atom. The van der Waals surface area contributed by atoms with E-state index in [9.17, 15) is 0 Å². The molecule has 0 bridgehead atoms. The molecular formula is C19H20N2O4. The number of anilines is 1. The van der Waals surface area contributed by atoms with Gasteiger partial charge >= 0.3 is 0 Å². The lowest BCUT2D eigenvalue weighted by molar-refractivity contribution is 0.0381. The highest BCUT2D eigenvalue weighted by Gasteiger charge is 2.25. The minimum atomic E-state index is -0.0239. The van der Waals surface area contributed by atoms with Crippen molar-refractivity contribution in [3.05, 3.63) is 48.0 Å². The van der Waals surface area contributed by atoms with Gasteiger partial charge in [0.1, 0.15) is 23.1 Å². The van der Waals surface area contributed by atoms with Gasteiger partial charge in [-0.3, -0.25) is 0 Å². The van der Waals surface area contributed by atoms with Gasteiger partial charge < -0.3 is 23.5 Å². The van der Waals surface area contributed by atoms with Gasteiger partial charge in [0.15, 0.2) is 5.58 Å². The SMILES string of the molecule is COc1ccc(C2CN(c3nc4cc(OC)ccc4o3)CCO2)cc1. The Bertz CT molecular complexity index is 859. The summed E-state index contributed by atoms with van der Waals surface area (Å²) in [6.07, 6.45) is -0.0239. The minimum absolute atomic E-state index is 0.0239. The van der Waals surface area contributed by atoms with Crippen molar-refractivity contribution in [3.8, 4) is 11.5 Å². The van der Waals surface area contributed by atoms with Gasteiger partial charge in [-0.25, -0.2) is 0 Å². The third kappa shape index (κ3) is 3.13. The molecule has 0 N–H and O–H groups in total. The van der Waals surface area contributed by atoms with Gasteiger partial charge in [0.25, 0.3) is 6.01 Å². The zero-order valence-electron chi connectivity index (χ0n) is 14.3. The van der Waals surface area contributed by atoms with Crippen molar-refractivity contribution in [1.29, 1.82) is 0 Å². The van der Waals surface area contributed by atoms with Crippen molar-refractivity contribution in [2.45, 2.75) is 6.10 Å². The van der Waals surface area contributed by atoms with Gasteiger partial charge in [-0.1, -0.05) is 12.1 Å². The van der Waals surface area contributed by atoms with E-state index >= 15 is 0 Å². The molecule has 1 aromatic heterocycles. The normalized spacial score (nSPS) is 17.7. The Kier molecular flexibility index (Phi) is 4.19. The van der Waals surface area contributed by atoms with Gasteiger partial charge in [0.2, 0.25) is 0 Å². The van der Waals surface area contributed by atoms with Gasteiger partial charge in [0.05, 0.1) is 27.4 Å². The van der Waals surface area contributed by atoms with E-state index in [0.29, 0.717) is 19.2 Å². The summed E-state index contributed by atoms with van der Waals surface area (Å²) in [6, 6.07) is 14.2. The Balaban J connectivity index is 1.56. The summed E-state index contributed by atoms with van der Waals surface area (Å²) in [5, 5.41) is 0. The summed E-state index contributed by atoms with van der Waals surface area (Å²) in [5.74, 6) is 1.61. The van der Waals surface area contributed by atoms with E-state index in [1.54, 1.807) is 14.2 Å². The second-order valence-electron chi connectivity index (χ2n) is 5.91. The molecule has 0 spiro atoms. The van der Waals surface area contributed by atoms with E-state index in [2.05, 4.69) is 9.88 Å². The standard InChI is InChI=1S/C19H20N2O4/c1-22-14-5-3-13(4-6-14)18-12-21(9-10-24-18)19-20-16-11-15(23-2)7-8-17(16)25-19/h3-8,11,18H,9-10,12H2,1-2H3. The van der Waals surface area contributed by atoms with Crippen LogP contribution in [0.3, 0.4) is 0 Å². The van der Waals surface area contributed by atoms with Crippen LogP contribution in [-0.2, 0) is 4.74 Å². The van der Waals surface area contributed by atoms with E-state index in [-0.39, 0.29) is 6.10 Å². The molecule has 4 rings (SSSR count). The molecule has 6 heteroatoms. The molecule has 0 aliphatic carbocycles. The maximum Gasteiger partial charge on any atom is 0.298 e. The summed E-state index contributed by atoms with van der Waals surface area (Å²) in [6.45, 7) is 2.06. The smallest absolute Gasteiger partial charge is 0.298 e. The number of nitrogens with zero attached hydrogens (tertiary/aromatic N) is 2. The Hall–Kier alpha value is -2.73. The van der Waals surface area contributed by atoms with E-state index < -0.39 is 0 Å². The molecule has 2 heterocycles. The summed E-state index contributed by atoms with van der Waals surface area (Å²) in [4.78, 5) is 6.72. The lowest BCUT2D eigenvalue weighted by Gasteiger charge is -2.32. The van der Waals surface area contributed by atoms with E-state index in [4.69, 9.17) is 18.6 Å². The third-order valence-electron chi connectivity index (χ3n) is 4.41. The van der Waals surface area contributed by atoms with Gasteiger partial charge in [-0.15, -0.1) is 0 Å². The molecule has 1 unspecified atom stereocenters. The maximum absolute atomic E-state index is 5.93. The fourth-order valence-electron chi connectivity index (χ4n) is 3.00. The average molecular weight is 340 g/mol. The van der Waals surface area contributed by atoms with Crippen molar-refractivity contribution < 1.29 is 18.6 Å². The van der Waals surface area contributed by atoms with Gasteiger partial charge in [-0.05, 0) is 29.8 Å². The summed E-state index contributed by atoms with van der Waals surface area (Å²) in [7, 11) is 3.31. The molecule has 1 aliphatic heterocycles. The van der Waals surface area contributed by atoms with Crippen LogP contribution < -0.4 is 14.4 Å². The molecule has 0 amide bonds. The van der Waals surface area contributed by atoms with Crippen LogP contribution in [0.5, 0.6) is 11.5 Å². The van der Waals surface area contributed by atoms with Crippen LogP contribution in [0.2, 0.25) is 0 Å². The molecule has 1 aliphatic rings. The van der Waals surface area contributed by atoms with Crippen LogP contribution in [0.15, 0.2) is 46.9 Å². The van der Waals surface area contributed by atoms with Crippen LogP contribution in [0.1, 0.15) is 11.7 Å². The molecule has 25 heavy (non-hydrogen) atoms. The largest absolute Gasteiger partial charge is 0.497 e. The fraction of sp³-hybridized carbons (Fsp3) is 0.316. The number of methoxy groups -OCH3 is 2. The number of hydrogen-bond acceptors (Lipinski definition) is 6. The molecule has 1 atom stereocenters.